The zero-order valence-electron chi connectivity index (χ0n) is 11.1. The molecule has 0 amide bonds. The molecule has 0 unspecified atom stereocenters. The molecule has 2 N–H and O–H groups in total. The Morgan fingerprint density at radius 2 is 2.32 bits per heavy atom. The second kappa shape index (κ2) is 5.15. The summed E-state index contributed by atoms with van der Waals surface area (Å²) >= 11 is 0.815. The Morgan fingerprint density at radius 1 is 1.55 bits per heavy atom. The Morgan fingerprint density at radius 3 is 2.95 bits per heavy atom. The molecule has 0 radical (unpaired) electrons. The third kappa shape index (κ3) is 2.58. The zero-order valence-corrected chi connectivity index (χ0v) is 12.7. The number of sulfonamides is 1. The van der Waals surface area contributed by atoms with Crippen LogP contribution in [0.3, 0.4) is 0 Å². The number of aromatic nitrogens is 4. The van der Waals surface area contributed by atoms with Gasteiger partial charge in [-0.15, -0.1) is 5.10 Å². The van der Waals surface area contributed by atoms with Crippen LogP contribution in [0.1, 0.15) is 17.4 Å². The third-order valence-corrected chi connectivity index (χ3v) is 4.75. The van der Waals surface area contributed by atoms with Gasteiger partial charge in [-0.2, -0.15) is 0 Å². The van der Waals surface area contributed by atoms with Crippen LogP contribution in [-0.4, -0.2) is 40.7 Å². The van der Waals surface area contributed by atoms with Crippen molar-refractivity contribution < 1.29 is 22.5 Å². The molecule has 0 aliphatic heterocycles. The van der Waals surface area contributed by atoms with Gasteiger partial charge in [0, 0.05) is 6.07 Å². The number of nitrogens with two attached hydrogens (primary N) is 1. The van der Waals surface area contributed by atoms with E-state index in [4.69, 9.17) is 14.4 Å². The molecular formula is C10H9N5O5S2. The minimum Gasteiger partial charge on any atom is -0.461 e. The first-order chi connectivity index (χ1) is 10.4. The topological polar surface area (TPSA) is 143 Å². The molecular weight excluding hydrogens is 334 g/mol. The summed E-state index contributed by atoms with van der Waals surface area (Å²) in [4.78, 5) is 16.0. The third-order valence-electron chi connectivity index (χ3n) is 2.52. The molecule has 0 aromatic carbocycles. The van der Waals surface area contributed by atoms with E-state index in [1.807, 2.05) is 0 Å². The van der Waals surface area contributed by atoms with E-state index >= 15 is 0 Å². The molecule has 10 nitrogen and oxygen atoms in total. The molecule has 0 atom stereocenters. The van der Waals surface area contributed by atoms with Gasteiger partial charge in [0.25, 0.3) is 10.0 Å². The summed E-state index contributed by atoms with van der Waals surface area (Å²) in [6, 6.07) is 1.38. The molecule has 3 aromatic rings. The fraction of sp³-hybridized carbons (Fsp3) is 0.200. The maximum Gasteiger partial charge on any atom is 0.360 e. The lowest BCUT2D eigenvalue weighted by atomic mass is 10.3. The number of esters is 1. The van der Waals surface area contributed by atoms with E-state index in [0.29, 0.717) is 10.7 Å². The highest BCUT2D eigenvalue weighted by Crippen LogP contribution is 2.24. The van der Waals surface area contributed by atoms with E-state index in [9.17, 15) is 13.2 Å². The lowest BCUT2D eigenvalue weighted by Gasteiger charge is -1.94. The molecule has 22 heavy (non-hydrogen) atoms. The maximum atomic E-state index is 11.5. The largest absolute Gasteiger partial charge is 0.461 e. The van der Waals surface area contributed by atoms with Crippen molar-refractivity contribution >= 4 is 32.3 Å². The van der Waals surface area contributed by atoms with Gasteiger partial charge in [0.05, 0.1) is 12.8 Å². The van der Waals surface area contributed by atoms with Gasteiger partial charge >= 0.3 is 5.97 Å². The minimum atomic E-state index is -3.88. The molecule has 3 aromatic heterocycles. The van der Waals surface area contributed by atoms with Crippen LogP contribution in [-0.2, 0) is 14.8 Å². The molecule has 0 fully saturated rings. The van der Waals surface area contributed by atoms with Gasteiger partial charge in [0.1, 0.15) is 5.69 Å². The summed E-state index contributed by atoms with van der Waals surface area (Å²) in [6.45, 7) is 1.90. The van der Waals surface area contributed by atoms with Crippen LogP contribution in [0.5, 0.6) is 0 Å². The van der Waals surface area contributed by atoms with Crippen LogP contribution in [0.15, 0.2) is 21.1 Å². The van der Waals surface area contributed by atoms with Gasteiger partial charge in [0.15, 0.2) is 11.5 Å². The number of fused-ring (bicyclic) bond motifs is 1. The number of imidazole rings is 1. The van der Waals surface area contributed by atoms with Crippen molar-refractivity contribution in [3.8, 4) is 11.5 Å². The Kier molecular flexibility index (Phi) is 3.42. The van der Waals surface area contributed by atoms with Crippen molar-refractivity contribution in [2.45, 2.75) is 11.3 Å². The number of carbonyl (C=O) groups excluding carboxylic acids is 1. The molecule has 0 saturated carbocycles. The second-order valence-corrected chi connectivity index (χ2v) is 6.75. The number of rotatable bonds is 4. The molecule has 0 aliphatic rings. The molecule has 0 saturated heterocycles. The Labute approximate surface area is 127 Å². The molecule has 0 spiro atoms. The van der Waals surface area contributed by atoms with Crippen molar-refractivity contribution in [2.75, 3.05) is 6.61 Å². The van der Waals surface area contributed by atoms with E-state index in [0.717, 1.165) is 11.3 Å². The fourth-order valence-electron chi connectivity index (χ4n) is 1.61. The maximum absolute atomic E-state index is 11.5. The second-order valence-electron chi connectivity index (χ2n) is 4.06. The summed E-state index contributed by atoms with van der Waals surface area (Å²) in [6.07, 6.45) is 1.44. The first-order valence-corrected chi connectivity index (χ1v) is 8.28. The average molecular weight is 343 g/mol. The predicted octanol–water partition coefficient (Wildman–Crippen LogP) is 0.270. The van der Waals surface area contributed by atoms with E-state index < -0.39 is 16.0 Å². The van der Waals surface area contributed by atoms with E-state index in [-0.39, 0.29) is 22.4 Å². The lowest BCUT2D eigenvalue weighted by molar-refractivity contribution is 0.0514. The van der Waals surface area contributed by atoms with Crippen LogP contribution in [0.25, 0.3) is 16.4 Å². The van der Waals surface area contributed by atoms with E-state index in [1.165, 1.54) is 16.8 Å². The number of hydrogen-bond donors (Lipinski definition) is 1. The Bertz CT molecular complexity index is 922. The highest BCUT2D eigenvalue weighted by atomic mass is 32.2. The van der Waals surface area contributed by atoms with Crippen LogP contribution < -0.4 is 5.14 Å². The number of hydrogen-bond acceptors (Lipinski definition) is 9. The molecule has 3 rings (SSSR count). The molecule has 12 heteroatoms. The highest BCUT2D eigenvalue weighted by Gasteiger charge is 2.20. The molecule has 3 heterocycles. The summed E-state index contributed by atoms with van der Waals surface area (Å²) < 4.78 is 33.2. The monoisotopic (exact) mass is 343 g/mol. The molecule has 0 bridgehead atoms. The van der Waals surface area contributed by atoms with Crippen molar-refractivity contribution in [1.82, 2.24) is 19.8 Å². The van der Waals surface area contributed by atoms with Crippen molar-refractivity contribution in [1.29, 1.82) is 0 Å². The summed E-state index contributed by atoms with van der Waals surface area (Å²) in [5.41, 5.74) is 0.370. The van der Waals surface area contributed by atoms with E-state index in [1.54, 1.807) is 6.92 Å². The zero-order chi connectivity index (χ0) is 15.9. The summed E-state index contributed by atoms with van der Waals surface area (Å²) in [5, 5.41) is 12.4. The van der Waals surface area contributed by atoms with Gasteiger partial charge in [-0.3, -0.25) is 0 Å². The van der Waals surface area contributed by atoms with Crippen LogP contribution in [0.4, 0.5) is 0 Å². The van der Waals surface area contributed by atoms with Gasteiger partial charge in [-0.1, -0.05) is 16.5 Å². The number of carbonyl (C=O) groups is 1. The number of ether oxygens (including phenoxy) is 1. The molecule has 116 valence electrons. The van der Waals surface area contributed by atoms with Crippen LogP contribution in [0.2, 0.25) is 0 Å². The van der Waals surface area contributed by atoms with Crippen LogP contribution in [0, 0.1) is 0 Å². The van der Waals surface area contributed by atoms with Crippen molar-refractivity contribution in [3.63, 3.8) is 0 Å². The van der Waals surface area contributed by atoms with Gasteiger partial charge in [0.2, 0.25) is 9.30 Å². The SMILES string of the molecule is CCOC(=O)c1cc(-c2cn3nc(S(N)(=O)=O)sc3n2)on1. The van der Waals surface area contributed by atoms with Gasteiger partial charge in [-0.25, -0.2) is 27.9 Å². The fourth-order valence-corrected chi connectivity index (χ4v) is 3.12. The van der Waals surface area contributed by atoms with E-state index in [2.05, 4.69) is 15.2 Å². The Balaban J connectivity index is 1.94. The minimum absolute atomic E-state index is 0.0198. The standard InChI is InChI=1S/C10H9N5O5S2/c1-2-19-8(16)5-3-7(20-14-5)6-4-15-9(12-6)21-10(13-15)22(11,17)18/h3-4H,2H2,1H3,(H2,11,17,18). The lowest BCUT2D eigenvalue weighted by Crippen LogP contribution is -2.12. The normalized spacial score (nSPS) is 11.9. The first kappa shape index (κ1) is 14.6. The van der Waals surface area contributed by atoms with Gasteiger partial charge in [-0.05, 0) is 6.92 Å². The van der Waals surface area contributed by atoms with Gasteiger partial charge < -0.3 is 9.26 Å². The van der Waals surface area contributed by atoms with Crippen molar-refractivity contribution in [2.24, 2.45) is 5.14 Å². The first-order valence-electron chi connectivity index (χ1n) is 5.91. The summed E-state index contributed by atoms with van der Waals surface area (Å²) in [7, 11) is -3.88. The number of nitrogens with zero attached hydrogens (tertiary/aromatic N) is 4. The summed E-state index contributed by atoms with van der Waals surface area (Å²) in [5.74, 6) is -0.369. The Hall–Kier alpha value is -2.31. The van der Waals surface area contributed by atoms with Crippen molar-refractivity contribution in [3.05, 3.63) is 18.0 Å². The van der Waals surface area contributed by atoms with Crippen LogP contribution >= 0.6 is 11.3 Å². The average Bonchev–Trinajstić information content (AvgIpc) is 3.11. The quantitative estimate of drug-likeness (QED) is 0.665. The smallest absolute Gasteiger partial charge is 0.360 e. The predicted molar refractivity (Wildman–Crippen MR) is 73.7 cm³/mol. The molecule has 0 aliphatic carbocycles. The number of primary sulfonamides is 1. The highest BCUT2D eigenvalue weighted by molar-refractivity contribution is 7.91.